The summed E-state index contributed by atoms with van der Waals surface area (Å²) >= 11 is 0. The predicted molar refractivity (Wildman–Crippen MR) is 57.9 cm³/mol. The van der Waals surface area contributed by atoms with Crippen molar-refractivity contribution >= 4 is 11.8 Å². The molecule has 17 heavy (non-hydrogen) atoms. The highest BCUT2D eigenvalue weighted by molar-refractivity contribution is 6.06. The first kappa shape index (κ1) is 11.2. The standard InChI is InChI=1S/C12H17NO4/c1-2-6(5-14)13-11(15)9-7-3-4-8(17-7)10(9)12(13)16/h6-10,14H,2-5H2,1H3/t6?,7-,8+,9+,10-. The summed E-state index contributed by atoms with van der Waals surface area (Å²) < 4.78 is 5.64. The largest absolute Gasteiger partial charge is 0.394 e. The van der Waals surface area contributed by atoms with Crippen LogP contribution in [0.1, 0.15) is 26.2 Å². The Labute approximate surface area is 99.7 Å². The molecule has 0 saturated carbocycles. The molecule has 1 N–H and O–H groups in total. The smallest absolute Gasteiger partial charge is 0.236 e. The molecule has 3 fully saturated rings. The summed E-state index contributed by atoms with van der Waals surface area (Å²) in [5, 5.41) is 9.26. The lowest BCUT2D eigenvalue weighted by Gasteiger charge is -2.25. The Kier molecular flexibility index (Phi) is 2.48. The maximum absolute atomic E-state index is 12.3. The quantitative estimate of drug-likeness (QED) is 0.699. The minimum absolute atomic E-state index is 0.0670. The fraction of sp³-hybridized carbons (Fsp3) is 0.833. The number of carbonyl (C=O) groups excluding carboxylic acids is 2. The maximum atomic E-state index is 12.3. The van der Waals surface area contributed by atoms with E-state index in [1.54, 1.807) is 0 Å². The summed E-state index contributed by atoms with van der Waals surface area (Å²) in [6, 6.07) is -0.361. The lowest BCUT2D eigenvalue weighted by molar-refractivity contribution is -0.146. The van der Waals surface area contributed by atoms with Crippen molar-refractivity contribution in [2.75, 3.05) is 6.61 Å². The molecule has 3 aliphatic rings. The molecule has 0 aromatic carbocycles. The van der Waals surface area contributed by atoms with Gasteiger partial charge in [-0.25, -0.2) is 0 Å². The molecule has 5 nitrogen and oxygen atoms in total. The molecule has 1 unspecified atom stereocenters. The molecule has 0 radical (unpaired) electrons. The SMILES string of the molecule is CCC(CO)N1C(=O)[C@@H]2[C@H](C1=O)[C@@H]1CC[C@H]2O1. The summed E-state index contributed by atoms with van der Waals surface area (Å²) in [6.07, 6.45) is 2.23. The van der Waals surface area contributed by atoms with Gasteiger partial charge in [-0.2, -0.15) is 0 Å². The summed E-state index contributed by atoms with van der Waals surface area (Å²) in [7, 11) is 0. The molecule has 2 amide bonds. The molecule has 5 heteroatoms. The first-order valence-electron chi connectivity index (χ1n) is 6.32. The van der Waals surface area contributed by atoms with E-state index in [-0.39, 0.29) is 48.5 Å². The van der Waals surface area contributed by atoms with Crippen LogP contribution < -0.4 is 0 Å². The minimum Gasteiger partial charge on any atom is -0.394 e. The zero-order chi connectivity index (χ0) is 12.2. The van der Waals surface area contributed by atoms with E-state index in [9.17, 15) is 14.7 Å². The number of amides is 2. The fourth-order valence-corrected chi connectivity index (χ4v) is 3.49. The van der Waals surface area contributed by atoms with Crippen LogP contribution >= 0.6 is 0 Å². The van der Waals surface area contributed by atoms with Crippen LogP contribution in [0.3, 0.4) is 0 Å². The lowest BCUT2D eigenvalue weighted by Crippen LogP contribution is -2.44. The van der Waals surface area contributed by atoms with E-state index in [0.29, 0.717) is 6.42 Å². The molecule has 5 atom stereocenters. The van der Waals surface area contributed by atoms with Crippen LogP contribution in [0, 0.1) is 11.8 Å². The van der Waals surface area contributed by atoms with Gasteiger partial charge in [-0.1, -0.05) is 6.92 Å². The fourth-order valence-electron chi connectivity index (χ4n) is 3.49. The number of rotatable bonds is 3. The maximum Gasteiger partial charge on any atom is 0.236 e. The Morgan fingerprint density at radius 3 is 2.24 bits per heavy atom. The van der Waals surface area contributed by atoms with Crippen LogP contribution in [0.15, 0.2) is 0 Å². The van der Waals surface area contributed by atoms with E-state index in [1.807, 2.05) is 6.92 Å². The molecule has 0 aliphatic carbocycles. The third-order valence-electron chi connectivity index (χ3n) is 4.37. The van der Waals surface area contributed by atoms with Crippen molar-refractivity contribution in [3.63, 3.8) is 0 Å². The Morgan fingerprint density at radius 1 is 1.29 bits per heavy atom. The van der Waals surface area contributed by atoms with Crippen molar-refractivity contribution in [2.24, 2.45) is 11.8 Å². The number of imide groups is 1. The summed E-state index contributed by atoms with van der Waals surface area (Å²) in [5.74, 6) is -0.815. The number of aliphatic hydroxyl groups is 1. The zero-order valence-electron chi connectivity index (χ0n) is 9.83. The first-order chi connectivity index (χ1) is 8.19. The predicted octanol–water partition coefficient (Wildman–Crippen LogP) is -0.0803. The van der Waals surface area contributed by atoms with Crippen LogP contribution in [0.25, 0.3) is 0 Å². The van der Waals surface area contributed by atoms with E-state index in [0.717, 1.165) is 12.8 Å². The highest BCUT2D eigenvalue weighted by Crippen LogP contribution is 2.48. The van der Waals surface area contributed by atoms with Gasteiger partial charge in [0.25, 0.3) is 0 Å². The Morgan fingerprint density at radius 2 is 1.82 bits per heavy atom. The van der Waals surface area contributed by atoms with Crippen LogP contribution in [-0.4, -0.2) is 46.7 Å². The zero-order valence-corrected chi connectivity index (χ0v) is 9.83. The van der Waals surface area contributed by atoms with Crippen molar-refractivity contribution in [1.82, 2.24) is 4.90 Å². The molecule has 0 aromatic rings. The summed E-state index contributed by atoms with van der Waals surface area (Å²) in [4.78, 5) is 25.8. The van der Waals surface area contributed by atoms with Crippen molar-refractivity contribution in [2.45, 2.75) is 44.4 Å². The third-order valence-corrected chi connectivity index (χ3v) is 4.37. The Bertz CT molecular complexity index is 338. The average Bonchev–Trinajstić information content (AvgIpc) is 2.98. The molecule has 0 spiro atoms. The van der Waals surface area contributed by atoms with Gasteiger partial charge >= 0.3 is 0 Å². The van der Waals surface area contributed by atoms with Crippen LogP contribution in [0.2, 0.25) is 0 Å². The normalized spacial score (nSPS) is 41.2. The van der Waals surface area contributed by atoms with E-state index < -0.39 is 0 Å². The van der Waals surface area contributed by atoms with E-state index >= 15 is 0 Å². The molecule has 3 heterocycles. The van der Waals surface area contributed by atoms with Crippen LogP contribution in [-0.2, 0) is 14.3 Å². The van der Waals surface area contributed by atoms with E-state index in [2.05, 4.69) is 0 Å². The second-order valence-electron chi connectivity index (χ2n) is 5.13. The number of nitrogens with zero attached hydrogens (tertiary/aromatic N) is 1. The molecule has 94 valence electrons. The highest BCUT2D eigenvalue weighted by Gasteiger charge is 2.63. The first-order valence-corrected chi connectivity index (χ1v) is 6.32. The number of likely N-dealkylation sites (tertiary alicyclic amines) is 1. The van der Waals surface area contributed by atoms with Gasteiger partial charge in [0.2, 0.25) is 11.8 Å². The van der Waals surface area contributed by atoms with Gasteiger partial charge in [-0.15, -0.1) is 0 Å². The highest BCUT2D eigenvalue weighted by atomic mass is 16.5. The van der Waals surface area contributed by atoms with Gasteiger partial charge in [-0.05, 0) is 19.3 Å². The molecule has 3 aliphatic heterocycles. The molecule has 2 bridgehead atoms. The molecule has 0 aromatic heterocycles. The van der Waals surface area contributed by atoms with Crippen molar-refractivity contribution in [3.05, 3.63) is 0 Å². The van der Waals surface area contributed by atoms with Crippen LogP contribution in [0.4, 0.5) is 0 Å². The van der Waals surface area contributed by atoms with Gasteiger partial charge in [0.1, 0.15) is 0 Å². The summed E-state index contributed by atoms with van der Waals surface area (Å²) in [6.45, 7) is 1.73. The second-order valence-corrected chi connectivity index (χ2v) is 5.13. The monoisotopic (exact) mass is 239 g/mol. The van der Waals surface area contributed by atoms with Gasteiger partial charge in [0.05, 0.1) is 36.7 Å². The van der Waals surface area contributed by atoms with Gasteiger partial charge in [0.15, 0.2) is 0 Å². The van der Waals surface area contributed by atoms with Crippen LogP contribution in [0.5, 0.6) is 0 Å². The van der Waals surface area contributed by atoms with Crippen molar-refractivity contribution in [1.29, 1.82) is 0 Å². The number of hydrogen-bond donors (Lipinski definition) is 1. The molecule has 3 rings (SSSR count). The second kappa shape index (κ2) is 3.78. The summed E-state index contributed by atoms with van der Waals surface area (Å²) in [5.41, 5.74) is 0. The Balaban J connectivity index is 1.90. The van der Waals surface area contributed by atoms with Gasteiger partial charge < -0.3 is 9.84 Å². The molecule has 3 saturated heterocycles. The van der Waals surface area contributed by atoms with E-state index in [4.69, 9.17) is 4.74 Å². The van der Waals surface area contributed by atoms with Gasteiger partial charge in [-0.3, -0.25) is 14.5 Å². The van der Waals surface area contributed by atoms with E-state index in [1.165, 1.54) is 4.90 Å². The lowest BCUT2D eigenvalue weighted by atomic mass is 9.81. The van der Waals surface area contributed by atoms with Crippen molar-refractivity contribution in [3.8, 4) is 0 Å². The number of carbonyl (C=O) groups is 2. The van der Waals surface area contributed by atoms with Gasteiger partial charge in [0, 0.05) is 0 Å². The molecular weight excluding hydrogens is 222 g/mol. The minimum atomic E-state index is -0.361. The number of fused-ring (bicyclic) bond motifs is 5. The average molecular weight is 239 g/mol. The molecular formula is C12H17NO4. The number of ether oxygens (including phenoxy) is 1. The number of aliphatic hydroxyl groups excluding tert-OH is 1. The third kappa shape index (κ3) is 1.32. The topological polar surface area (TPSA) is 66.8 Å². The Hall–Kier alpha value is -0.940. The number of hydrogen-bond acceptors (Lipinski definition) is 4. The van der Waals surface area contributed by atoms with Crippen molar-refractivity contribution < 1.29 is 19.4 Å².